The second-order valence-electron chi connectivity index (χ2n) is 1.16. The molecule has 8 heavy (non-hydrogen) atoms. The van der Waals surface area contributed by atoms with Crippen LogP contribution < -0.4 is 0 Å². The van der Waals surface area contributed by atoms with E-state index < -0.39 is 5.97 Å². The Hall–Kier alpha value is -0.990. The fraction of sp³-hybridized carbons (Fsp3) is 0.400. The summed E-state index contributed by atoms with van der Waals surface area (Å²) in [6.45, 7) is 1.60. The molecular weight excluding hydrogens is 108 g/mol. The van der Waals surface area contributed by atoms with Crippen LogP contribution in [0.5, 0.6) is 0 Å². The van der Waals surface area contributed by atoms with Gasteiger partial charge in [-0.25, -0.2) is 4.79 Å². The highest BCUT2D eigenvalue weighted by atomic mass is 16.5. The zero-order chi connectivity index (χ0) is 6.57. The van der Waals surface area contributed by atoms with Gasteiger partial charge < -0.3 is 9.84 Å². The minimum absolute atomic E-state index is 0.0231. The molecule has 46 valence electrons. The van der Waals surface area contributed by atoms with E-state index in [0.717, 1.165) is 0 Å². The average Bonchev–Trinajstić information content (AvgIpc) is 1.69. The van der Waals surface area contributed by atoms with Gasteiger partial charge in [-0.1, -0.05) is 0 Å². The third-order valence-electron chi connectivity index (χ3n) is 0.693. The van der Waals surface area contributed by atoms with Crippen molar-refractivity contribution in [2.24, 2.45) is 0 Å². The maximum atomic E-state index is 9.97. The van der Waals surface area contributed by atoms with Crippen molar-refractivity contribution in [3.8, 4) is 0 Å². The highest BCUT2D eigenvalue weighted by molar-refractivity contribution is 5.83. The summed E-state index contributed by atoms with van der Waals surface area (Å²) < 4.78 is 4.42. The van der Waals surface area contributed by atoms with E-state index in [9.17, 15) is 4.79 Å². The third-order valence-corrected chi connectivity index (χ3v) is 0.693. The standard InChI is InChI=1S/C5H8O3/c1-3-4(8-2)5(6)7/h3H,1-2H3,(H,6,7)/b4-3-. The van der Waals surface area contributed by atoms with Crippen LogP contribution in [0.1, 0.15) is 6.92 Å². The van der Waals surface area contributed by atoms with E-state index in [0.29, 0.717) is 0 Å². The maximum Gasteiger partial charge on any atom is 0.370 e. The zero-order valence-electron chi connectivity index (χ0n) is 4.84. The Morgan fingerprint density at radius 2 is 2.25 bits per heavy atom. The molecule has 0 radical (unpaired) electrons. The zero-order valence-corrected chi connectivity index (χ0v) is 4.84. The van der Waals surface area contributed by atoms with E-state index in [1.54, 1.807) is 6.92 Å². The van der Waals surface area contributed by atoms with E-state index in [2.05, 4.69) is 4.74 Å². The molecule has 0 rings (SSSR count). The number of hydrogen-bond donors (Lipinski definition) is 1. The summed E-state index contributed by atoms with van der Waals surface area (Å²) in [4.78, 5) is 9.97. The molecule has 0 aliphatic rings. The lowest BCUT2D eigenvalue weighted by Gasteiger charge is -1.95. The summed E-state index contributed by atoms with van der Waals surface area (Å²) in [6, 6.07) is 0. The smallest absolute Gasteiger partial charge is 0.370 e. The van der Waals surface area contributed by atoms with E-state index in [4.69, 9.17) is 5.11 Å². The largest absolute Gasteiger partial charge is 0.490 e. The summed E-state index contributed by atoms with van der Waals surface area (Å²) in [6.07, 6.45) is 1.39. The highest BCUT2D eigenvalue weighted by Gasteiger charge is 2.01. The summed E-state index contributed by atoms with van der Waals surface area (Å²) in [7, 11) is 1.32. The molecule has 0 fully saturated rings. The van der Waals surface area contributed by atoms with Crippen molar-refractivity contribution < 1.29 is 14.6 Å². The first-order valence-corrected chi connectivity index (χ1v) is 2.16. The van der Waals surface area contributed by atoms with Gasteiger partial charge in [0.1, 0.15) is 0 Å². The molecule has 0 atom stereocenters. The molecule has 0 saturated carbocycles. The van der Waals surface area contributed by atoms with Gasteiger partial charge in [0.05, 0.1) is 7.11 Å². The molecule has 0 saturated heterocycles. The molecule has 0 aliphatic heterocycles. The van der Waals surface area contributed by atoms with Crippen LogP contribution in [0, 0.1) is 0 Å². The van der Waals surface area contributed by atoms with Gasteiger partial charge in [-0.05, 0) is 13.0 Å². The number of carbonyl (C=O) groups is 1. The van der Waals surface area contributed by atoms with Crippen LogP contribution in [0.25, 0.3) is 0 Å². The molecule has 3 nitrogen and oxygen atoms in total. The topological polar surface area (TPSA) is 46.5 Å². The number of rotatable bonds is 2. The summed E-state index contributed by atoms with van der Waals surface area (Å²) in [5.41, 5.74) is 0. The van der Waals surface area contributed by atoms with Crippen LogP contribution >= 0.6 is 0 Å². The lowest BCUT2D eigenvalue weighted by atomic mass is 10.5. The van der Waals surface area contributed by atoms with Crippen molar-refractivity contribution in [1.82, 2.24) is 0 Å². The quantitative estimate of drug-likeness (QED) is 0.425. The third kappa shape index (κ3) is 1.64. The Morgan fingerprint density at radius 1 is 1.75 bits per heavy atom. The summed E-state index contributed by atoms with van der Waals surface area (Å²) in [5, 5.41) is 8.18. The number of ether oxygens (including phenoxy) is 1. The van der Waals surface area contributed by atoms with Gasteiger partial charge in [-0.3, -0.25) is 0 Å². The van der Waals surface area contributed by atoms with E-state index >= 15 is 0 Å². The fourth-order valence-electron chi connectivity index (χ4n) is 0.329. The Balaban J connectivity index is 3.92. The Labute approximate surface area is 47.6 Å². The number of hydrogen-bond acceptors (Lipinski definition) is 2. The minimum atomic E-state index is -1.03. The van der Waals surface area contributed by atoms with E-state index in [1.165, 1.54) is 13.2 Å². The van der Waals surface area contributed by atoms with Crippen LogP contribution in [0.4, 0.5) is 0 Å². The van der Waals surface area contributed by atoms with Gasteiger partial charge in [-0.15, -0.1) is 0 Å². The predicted molar refractivity (Wildman–Crippen MR) is 28.4 cm³/mol. The number of aliphatic carboxylic acids is 1. The van der Waals surface area contributed by atoms with Crippen molar-refractivity contribution in [1.29, 1.82) is 0 Å². The van der Waals surface area contributed by atoms with Crippen LogP contribution in [0.3, 0.4) is 0 Å². The van der Waals surface area contributed by atoms with Crippen LogP contribution in [-0.2, 0) is 9.53 Å². The molecule has 0 aliphatic carbocycles. The lowest BCUT2D eigenvalue weighted by Crippen LogP contribution is -2.00. The van der Waals surface area contributed by atoms with Gasteiger partial charge in [0, 0.05) is 0 Å². The van der Waals surface area contributed by atoms with Gasteiger partial charge in [0.2, 0.25) is 0 Å². The molecule has 0 heterocycles. The molecule has 0 unspecified atom stereocenters. The minimum Gasteiger partial charge on any atom is -0.490 e. The van der Waals surface area contributed by atoms with Gasteiger partial charge in [0.15, 0.2) is 5.76 Å². The lowest BCUT2D eigenvalue weighted by molar-refractivity contribution is -0.136. The first-order valence-electron chi connectivity index (χ1n) is 2.16. The molecule has 1 N–H and O–H groups in total. The SMILES string of the molecule is C/C=C(\OC)C(=O)O. The van der Waals surface area contributed by atoms with Gasteiger partial charge in [-0.2, -0.15) is 0 Å². The van der Waals surface area contributed by atoms with Gasteiger partial charge >= 0.3 is 5.97 Å². The molecule has 0 aromatic heterocycles. The van der Waals surface area contributed by atoms with Gasteiger partial charge in [0.25, 0.3) is 0 Å². The molecular formula is C5H8O3. The number of allylic oxidation sites excluding steroid dienone is 1. The van der Waals surface area contributed by atoms with Crippen molar-refractivity contribution in [2.75, 3.05) is 7.11 Å². The van der Waals surface area contributed by atoms with Crippen LogP contribution in [0.15, 0.2) is 11.8 Å². The van der Waals surface area contributed by atoms with E-state index in [-0.39, 0.29) is 5.76 Å². The molecule has 0 aromatic rings. The number of methoxy groups -OCH3 is 1. The summed E-state index contributed by atoms with van der Waals surface area (Å²) in [5.74, 6) is -1.06. The maximum absolute atomic E-state index is 9.97. The molecule has 0 bridgehead atoms. The first kappa shape index (κ1) is 7.01. The van der Waals surface area contributed by atoms with Crippen molar-refractivity contribution in [3.05, 3.63) is 11.8 Å². The van der Waals surface area contributed by atoms with Crippen molar-refractivity contribution >= 4 is 5.97 Å². The van der Waals surface area contributed by atoms with Crippen LogP contribution in [0.2, 0.25) is 0 Å². The summed E-state index contributed by atoms with van der Waals surface area (Å²) >= 11 is 0. The number of carboxylic acids is 1. The second-order valence-corrected chi connectivity index (χ2v) is 1.16. The van der Waals surface area contributed by atoms with Crippen molar-refractivity contribution in [3.63, 3.8) is 0 Å². The highest BCUT2D eigenvalue weighted by Crippen LogP contribution is 1.91. The monoisotopic (exact) mass is 116 g/mol. The molecule has 0 aromatic carbocycles. The Bertz CT molecular complexity index is 115. The Kier molecular flexibility index (Phi) is 2.69. The number of carboxylic acid groups (broad SMARTS) is 1. The molecule has 0 spiro atoms. The second kappa shape index (κ2) is 3.07. The Morgan fingerprint density at radius 3 is 2.25 bits per heavy atom. The predicted octanol–water partition coefficient (Wildman–Crippen LogP) is 0.621. The normalized spacial score (nSPS) is 11.0. The van der Waals surface area contributed by atoms with Crippen LogP contribution in [-0.4, -0.2) is 18.2 Å². The molecule has 0 amide bonds. The van der Waals surface area contributed by atoms with Crippen molar-refractivity contribution in [2.45, 2.75) is 6.92 Å². The fourth-order valence-corrected chi connectivity index (χ4v) is 0.329. The average molecular weight is 116 g/mol. The molecule has 3 heteroatoms. The van der Waals surface area contributed by atoms with E-state index in [1.807, 2.05) is 0 Å². The first-order chi connectivity index (χ1) is 3.72.